The van der Waals surface area contributed by atoms with Gasteiger partial charge in [0.15, 0.2) is 6.61 Å². The lowest BCUT2D eigenvalue weighted by molar-refractivity contribution is -0.244. The van der Waals surface area contributed by atoms with Crippen molar-refractivity contribution in [2.45, 2.75) is 6.92 Å². The zero-order valence-electron chi connectivity index (χ0n) is 4.79. The van der Waals surface area contributed by atoms with E-state index in [2.05, 4.69) is 9.62 Å². The highest BCUT2D eigenvalue weighted by Crippen LogP contribution is 1.78. The molecule has 0 aromatic heterocycles. The van der Waals surface area contributed by atoms with Gasteiger partial charge in [0, 0.05) is 6.92 Å². The van der Waals surface area contributed by atoms with Crippen LogP contribution in [0.15, 0.2) is 0 Å². The normalized spacial score (nSPS) is 8.67. The van der Waals surface area contributed by atoms with Crippen molar-refractivity contribution < 1.29 is 24.5 Å². The van der Waals surface area contributed by atoms with E-state index in [1.165, 1.54) is 0 Å². The number of carbonyl (C=O) groups is 2. The Bertz CT molecular complexity index is 118. The quantitative estimate of drug-likeness (QED) is 0.240. The van der Waals surface area contributed by atoms with Gasteiger partial charge in [0.05, 0.1) is 0 Å². The average molecular weight is 134 g/mol. The van der Waals surface area contributed by atoms with Gasteiger partial charge in [0.2, 0.25) is 0 Å². The fraction of sp³-hybridized carbons (Fsp3) is 0.500. The Labute approximate surface area is 51.1 Å². The molecule has 0 aliphatic heterocycles. The van der Waals surface area contributed by atoms with Crippen LogP contribution < -0.4 is 0 Å². The van der Waals surface area contributed by atoms with E-state index in [1.807, 2.05) is 0 Å². The van der Waals surface area contributed by atoms with Crippen molar-refractivity contribution in [1.29, 1.82) is 0 Å². The van der Waals surface area contributed by atoms with E-state index in [9.17, 15) is 9.59 Å². The molecule has 0 aliphatic carbocycles. The SMILES string of the molecule is CC(=O)OC(=O)COO. The van der Waals surface area contributed by atoms with Crippen LogP contribution in [0.25, 0.3) is 0 Å². The number of hydrogen-bond acceptors (Lipinski definition) is 5. The van der Waals surface area contributed by atoms with Gasteiger partial charge in [-0.05, 0) is 0 Å². The van der Waals surface area contributed by atoms with Crippen LogP contribution in [0.4, 0.5) is 0 Å². The first-order valence-corrected chi connectivity index (χ1v) is 2.14. The van der Waals surface area contributed by atoms with Gasteiger partial charge in [-0.1, -0.05) is 0 Å². The molecule has 0 aromatic rings. The summed E-state index contributed by atoms with van der Waals surface area (Å²) in [6.45, 7) is 0.453. The number of ether oxygens (including phenoxy) is 1. The molecule has 1 N–H and O–H groups in total. The van der Waals surface area contributed by atoms with E-state index in [4.69, 9.17) is 5.26 Å². The minimum Gasteiger partial charge on any atom is -0.392 e. The third-order valence-electron chi connectivity index (χ3n) is 0.440. The molecule has 5 nitrogen and oxygen atoms in total. The van der Waals surface area contributed by atoms with Crippen LogP contribution >= 0.6 is 0 Å². The smallest absolute Gasteiger partial charge is 0.343 e. The van der Waals surface area contributed by atoms with Crippen molar-refractivity contribution in [3.63, 3.8) is 0 Å². The second-order valence-corrected chi connectivity index (χ2v) is 1.24. The fourth-order valence-electron chi connectivity index (χ4n) is 0.242. The lowest BCUT2D eigenvalue weighted by atomic mass is 10.7. The molecule has 0 amide bonds. The Hall–Kier alpha value is -0.940. The first-order valence-electron chi connectivity index (χ1n) is 2.14. The van der Waals surface area contributed by atoms with Gasteiger partial charge in [-0.3, -0.25) is 10.1 Å². The predicted molar refractivity (Wildman–Crippen MR) is 25.4 cm³/mol. The maximum absolute atomic E-state index is 10.1. The van der Waals surface area contributed by atoms with Crippen molar-refractivity contribution in [2.24, 2.45) is 0 Å². The lowest BCUT2D eigenvalue weighted by Gasteiger charge is -1.94. The summed E-state index contributed by atoms with van der Waals surface area (Å²) in [5.41, 5.74) is 0. The molecule has 0 aliphatic rings. The molecule has 9 heavy (non-hydrogen) atoms. The number of hydrogen-bond donors (Lipinski definition) is 1. The highest BCUT2D eigenvalue weighted by atomic mass is 17.1. The molecule has 5 heteroatoms. The van der Waals surface area contributed by atoms with Crippen LogP contribution in [0.3, 0.4) is 0 Å². The molecule has 0 saturated heterocycles. The number of carbonyl (C=O) groups excluding carboxylic acids is 2. The second kappa shape index (κ2) is 3.99. The summed E-state index contributed by atoms with van der Waals surface area (Å²) in [6, 6.07) is 0. The highest BCUT2D eigenvalue weighted by Gasteiger charge is 2.04. The van der Waals surface area contributed by atoms with Crippen LogP contribution in [-0.4, -0.2) is 23.8 Å². The van der Waals surface area contributed by atoms with Crippen molar-refractivity contribution in [3.05, 3.63) is 0 Å². The van der Waals surface area contributed by atoms with Gasteiger partial charge in [0.1, 0.15) is 0 Å². The van der Waals surface area contributed by atoms with Gasteiger partial charge in [-0.25, -0.2) is 9.68 Å². The summed E-state index contributed by atoms with van der Waals surface area (Å²) >= 11 is 0. The van der Waals surface area contributed by atoms with Crippen LogP contribution in [0.1, 0.15) is 6.92 Å². The molecule has 0 bridgehead atoms. The standard InChI is InChI=1S/C4H6O5/c1-3(5)9-4(6)2-8-7/h7H,2H2,1H3. The Balaban J connectivity index is 3.39. The largest absolute Gasteiger partial charge is 0.392 e. The monoisotopic (exact) mass is 134 g/mol. The maximum Gasteiger partial charge on any atom is 0.343 e. The van der Waals surface area contributed by atoms with Gasteiger partial charge in [0.25, 0.3) is 0 Å². The second-order valence-electron chi connectivity index (χ2n) is 1.24. The zero-order valence-corrected chi connectivity index (χ0v) is 4.79. The van der Waals surface area contributed by atoms with Crippen LogP contribution in [0.5, 0.6) is 0 Å². The van der Waals surface area contributed by atoms with Crippen molar-refractivity contribution in [3.8, 4) is 0 Å². The van der Waals surface area contributed by atoms with E-state index in [1.54, 1.807) is 0 Å². The molecule has 0 radical (unpaired) electrons. The van der Waals surface area contributed by atoms with Crippen LogP contribution in [-0.2, 0) is 19.2 Å². The summed E-state index contributed by atoms with van der Waals surface area (Å²) in [6.07, 6.45) is 0. The molecule has 0 heterocycles. The van der Waals surface area contributed by atoms with E-state index in [0.29, 0.717) is 0 Å². The van der Waals surface area contributed by atoms with Gasteiger partial charge in [-0.15, -0.1) is 0 Å². The molecular formula is C4H6O5. The van der Waals surface area contributed by atoms with Crippen LogP contribution in [0.2, 0.25) is 0 Å². The topological polar surface area (TPSA) is 72.8 Å². The molecule has 52 valence electrons. The van der Waals surface area contributed by atoms with Gasteiger partial charge in [-0.2, -0.15) is 0 Å². The average Bonchev–Trinajstić information content (AvgIpc) is 1.63. The third-order valence-corrected chi connectivity index (χ3v) is 0.440. The first-order chi connectivity index (χ1) is 4.16. The van der Waals surface area contributed by atoms with Gasteiger partial charge >= 0.3 is 11.9 Å². The Kier molecular flexibility index (Phi) is 3.57. The molecule has 0 atom stereocenters. The van der Waals surface area contributed by atoms with Gasteiger partial charge < -0.3 is 4.74 Å². The molecule has 0 spiro atoms. The Morgan fingerprint density at radius 2 is 2.11 bits per heavy atom. The summed E-state index contributed by atoms with van der Waals surface area (Å²) < 4.78 is 3.93. The first kappa shape index (κ1) is 8.06. The summed E-state index contributed by atoms with van der Waals surface area (Å²) in [5, 5.41) is 7.64. The number of rotatable bonds is 2. The molecule has 0 rings (SSSR count). The van der Waals surface area contributed by atoms with Crippen molar-refractivity contribution in [2.75, 3.05) is 6.61 Å². The van der Waals surface area contributed by atoms with Crippen LogP contribution in [0, 0.1) is 0 Å². The van der Waals surface area contributed by atoms with Crippen molar-refractivity contribution in [1.82, 2.24) is 0 Å². The van der Waals surface area contributed by atoms with E-state index >= 15 is 0 Å². The number of esters is 2. The summed E-state index contributed by atoms with van der Waals surface area (Å²) in [5.74, 6) is -1.64. The molecule has 0 saturated carbocycles. The predicted octanol–water partition coefficient (Wildman–Crippen LogP) is -0.434. The van der Waals surface area contributed by atoms with E-state index < -0.39 is 18.5 Å². The van der Waals surface area contributed by atoms with Crippen molar-refractivity contribution >= 4 is 11.9 Å². The lowest BCUT2D eigenvalue weighted by Crippen LogP contribution is -2.14. The Morgan fingerprint density at radius 3 is 2.44 bits per heavy atom. The molecule has 0 unspecified atom stereocenters. The van der Waals surface area contributed by atoms with E-state index in [0.717, 1.165) is 6.92 Å². The summed E-state index contributed by atoms with van der Waals surface area (Å²) in [4.78, 5) is 23.5. The summed E-state index contributed by atoms with van der Waals surface area (Å²) in [7, 11) is 0. The Morgan fingerprint density at radius 1 is 1.56 bits per heavy atom. The molecular weight excluding hydrogens is 128 g/mol. The fourth-order valence-corrected chi connectivity index (χ4v) is 0.242. The zero-order chi connectivity index (χ0) is 7.28. The molecule has 0 fully saturated rings. The highest BCUT2D eigenvalue weighted by molar-refractivity contribution is 5.84. The minimum atomic E-state index is -0.912. The van der Waals surface area contributed by atoms with E-state index in [-0.39, 0.29) is 0 Å². The third kappa shape index (κ3) is 4.92. The molecule has 0 aromatic carbocycles. The minimum absolute atomic E-state index is 0.625. The maximum atomic E-state index is 10.1.